The van der Waals surface area contributed by atoms with Crippen LogP contribution < -0.4 is 5.32 Å². The summed E-state index contributed by atoms with van der Waals surface area (Å²) in [4.78, 5) is 20.4. The van der Waals surface area contributed by atoms with Crippen LogP contribution in [0.15, 0.2) is 79.4 Å². The summed E-state index contributed by atoms with van der Waals surface area (Å²) in [5.74, 6) is 0.108. The van der Waals surface area contributed by atoms with Gasteiger partial charge in [-0.15, -0.1) is 0 Å². The van der Waals surface area contributed by atoms with Crippen LogP contribution in [0.1, 0.15) is 29.0 Å². The van der Waals surface area contributed by atoms with Crippen LogP contribution in [-0.4, -0.2) is 22.4 Å². The fraction of sp³-hybridized carbons (Fsp3) is 0.190. The molecule has 4 heteroatoms. The third kappa shape index (κ3) is 4.98. The molecule has 1 aromatic heterocycles. The molecule has 0 aliphatic heterocycles. The van der Waals surface area contributed by atoms with Crippen molar-refractivity contribution in [2.45, 2.75) is 18.8 Å². The molecule has 0 atom stereocenters. The molecule has 0 aliphatic rings. The largest absolute Gasteiger partial charge is 0.356 e. The molecule has 0 unspecified atom stereocenters. The minimum absolute atomic E-state index is 0.0505. The van der Waals surface area contributed by atoms with Crippen LogP contribution in [0.25, 0.3) is 0 Å². The number of aromatic nitrogens is 2. The van der Waals surface area contributed by atoms with Crippen molar-refractivity contribution in [1.29, 1.82) is 0 Å². The van der Waals surface area contributed by atoms with E-state index in [2.05, 4.69) is 39.6 Å². The Labute approximate surface area is 148 Å². The number of carbonyl (C=O) groups excluding carboxylic acids is 1. The number of hydrogen-bond acceptors (Lipinski definition) is 3. The smallest absolute Gasteiger partial charge is 0.220 e. The lowest BCUT2D eigenvalue weighted by Gasteiger charge is -2.18. The molecule has 1 amide bonds. The number of hydrogen-bond donors (Lipinski definition) is 1. The van der Waals surface area contributed by atoms with E-state index in [0.717, 1.165) is 23.1 Å². The molecule has 0 radical (unpaired) electrons. The number of rotatable bonds is 7. The topological polar surface area (TPSA) is 54.9 Å². The van der Waals surface area contributed by atoms with E-state index in [1.165, 1.54) is 6.33 Å². The highest BCUT2D eigenvalue weighted by Crippen LogP contribution is 2.27. The molecule has 0 saturated heterocycles. The molecular formula is C21H21N3O. The van der Waals surface area contributed by atoms with Gasteiger partial charge in [0.15, 0.2) is 0 Å². The summed E-state index contributed by atoms with van der Waals surface area (Å²) in [5.41, 5.74) is 3.33. The molecule has 4 nitrogen and oxygen atoms in total. The van der Waals surface area contributed by atoms with Gasteiger partial charge in [0.05, 0.1) is 0 Å². The first-order chi connectivity index (χ1) is 12.3. The van der Waals surface area contributed by atoms with E-state index in [4.69, 9.17) is 0 Å². The summed E-state index contributed by atoms with van der Waals surface area (Å²) < 4.78 is 0. The van der Waals surface area contributed by atoms with Gasteiger partial charge >= 0.3 is 0 Å². The number of nitrogens with zero attached hydrogens (tertiary/aromatic N) is 2. The lowest BCUT2D eigenvalue weighted by Crippen LogP contribution is -2.27. The standard InChI is InChI=1S/C21H21N3O/c25-21(24-12-11-17-14-22-16-23-15-17)13-20(18-7-3-1-4-8-18)19-9-5-2-6-10-19/h1-10,14-16,20H,11-13H2,(H,24,25). The number of benzene rings is 2. The molecule has 0 bridgehead atoms. The second-order valence-corrected chi connectivity index (χ2v) is 5.92. The maximum Gasteiger partial charge on any atom is 0.220 e. The summed E-state index contributed by atoms with van der Waals surface area (Å²) in [5, 5.41) is 3.01. The first kappa shape index (κ1) is 16.8. The summed E-state index contributed by atoms with van der Waals surface area (Å²) >= 11 is 0. The number of carbonyl (C=O) groups is 1. The molecule has 1 heterocycles. The zero-order chi connectivity index (χ0) is 17.3. The molecule has 3 aromatic rings. The fourth-order valence-electron chi connectivity index (χ4n) is 2.86. The third-order valence-electron chi connectivity index (χ3n) is 4.14. The van der Waals surface area contributed by atoms with Crippen LogP contribution in [0.3, 0.4) is 0 Å². The molecule has 1 N–H and O–H groups in total. The lowest BCUT2D eigenvalue weighted by molar-refractivity contribution is -0.121. The van der Waals surface area contributed by atoms with Crippen molar-refractivity contribution in [3.8, 4) is 0 Å². The predicted octanol–water partition coefficient (Wildman–Crippen LogP) is 3.36. The van der Waals surface area contributed by atoms with Gasteiger partial charge in [0.1, 0.15) is 6.33 Å². The van der Waals surface area contributed by atoms with Crippen molar-refractivity contribution in [1.82, 2.24) is 15.3 Å². The van der Waals surface area contributed by atoms with E-state index in [1.54, 1.807) is 12.4 Å². The van der Waals surface area contributed by atoms with Gasteiger partial charge < -0.3 is 5.32 Å². The summed E-state index contributed by atoms with van der Waals surface area (Å²) in [7, 11) is 0. The summed E-state index contributed by atoms with van der Waals surface area (Å²) in [6, 6.07) is 20.3. The molecule has 25 heavy (non-hydrogen) atoms. The van der Waals surface area contributed by atoms with Gasteiger partial charge in [0, 0.05) is 31.3 Å². The van der Waals surface area contributed by atoms with Crippen molar-refractivity contribution >= 4 is 5.91 Å². The van der Waals surface area contributed by atoms with Crippen LogP contribution in [0.2, 0.25) is 0 Å². The highest BCUT2D eigenvalue weighted by Gasteiger charge is 2.17. The predicted molar refractivity (Wildman–Crippen MR) is 98.1 cm³/mol. The van der Waals surface area contributed by atoms with Crippen molar-refractivity contribution in [2.24, 2.45) is 0 Å². The second-order valence-electron chi connectivity index (χ2n) is 5.92. The van der Waals surface area contributed by atoms with Crippen molar-refractivity contribution < 1.29 is 4.79 Å². The molecule has 0 saturated carbocycles. The Morgan fingerprint density at radius 3 is 2.00 bits per heavy atom. The second kappa shape index (κ2) is 8.73. The third-order valence-corrected chi connectivity index (χ3v) is 4.14. The average Bonchev–Trinajstić information content (AvgIpc) is 2.68. The summed E-state index contributed by atoms with van der Waals surface area (Å²) in [6.07, 6.45) is 6.21. The SMILES string of the molecule is O=C(CC(c1ccccc1)c1ccccc1)NCCc1cncnc1. The van der Waals surface area contributed by atoms with Gasteiger partial charge in [-0.3, -0.25) is 4.79 Å². The summed E-state index contributed by atoms with van der Waals surface area (Å²) in [6.45, 7) is 0.586. The lowest BCUT2D eigenvalue weighted by atomic mass is 9.88. The molecular weight excluding hydrogens is 310 g/mol. The molecule has 3 rings (SSSR count). The fourth-order valence-corrected chi connectivity index (χ4v) is 2.86. The first-order valence-electron chi connectivity index (χ1n) is 8.43. The molecule has 126 valence electrons. The van der Waals surface area contributed by atoms with Gasteiger partial charge in [-0.2, -0.15) is 0 Å². The van der Waals surface area contributed by atoms with Crippen LogP contribution in [0.5, 0.6) is 0 Å². The Morgan fingerprint density at radius 1 is 0.880 bits per heavy atom. The van der Waals surface area contributed by atoms with Gasteiger partial charge in [-0.05, 0) is 23.1 Å². The maximum absolute atomic E-state index is 12.4. The van der Waals surface area contributed by atoms with Crippen LogP contribution in [-0.2, 0) is 11.2 Å². The van der Waals surface area contributed by atoms with E-state index in [-0.39, 0.29) is 11.8 Å². The van der Waals surface area contributed by atoms with Gasteiger partial charge in [0.2, 0.25) is 5.91 Å². The van der Waals surface area contributed by atoms with E-state index >= 15 is 0 Å². The van der Waals surface area contributed by atoms with Crippen molar-refractivity contribution in [3.05, 3.63) is 96.1 Å². The number of amides is 1. The zero-order valence-corrected chi connectivity index (χ0v) is 14.0. The monoisotopic (exact) mass is 331 g/mol. The van der Waals surface area contributed by atoms with Crippen molar-refractivity contribution in [3.63, 3.8) is 0 Å². The Morgan fingerprint density at radius 2 is 1.44 bits per heavy atom. The normalized spacial score (nSPS) is 10.6. The van der Waals surface area contributed by atoms with Crippen molar-refractivity contribution in [2.75, 3.05) is 6.54 Å². The Bertz CT molecular complexity index is 737. The van der Waals surface area contributed by atoms with Crippen LogP contribution >= 0.6 is 0 Å². The number of nitrogens with one attached hydrogen (secondary N) is 1. The highest BCUT2D eigenvalue weighted by atomic mass is 16.1. The van der Waals surface area contributed by atoms with Gasteiger partial charge in [-0.25, -0.2) is 9.97 Å². The Balaban J connectivity index is 1.63. The Hall–Kier alpha value is -3.01. The van der Waals surface area contributed by atoms with Crippen LogP contribution in [0, 0.1) is 0 Å². The van der Waals surface area contributed by atoms with Gasteiger partial charge in [0.25, 0.3) is 0 Å². The van der Waals surface area contributed by atoms with E-state index in [1.807, 2.05) is 36.4 Å². The highest BCUT2D eigenvalue weighted by molar-refractivity contribution is 5.77. The van der Waals surface area contributed by atoms with E-state index in [9.17, 15) is 4.79 Å². The zero-order valence-electron chi connectivity index (χ0n) is 14.0. The maximum atomic E-state index is 12.4. The minimum Gasteiger partial charge on any atom is -0.356 e. The molecule has 0 fully saturated rings. The molecule has 2 aromatic carbocycles. The van der Waals surface area contributed by atoms with Crippen LogP contribution in [0.4, 0.5) is 0 Å². The molecule has 0 spiro atoms. The van der Waals surface area contributed by atoms with E-state index in [0.29, 0.717) is 13.0 Å². The first-order valence-corrected chi connectivity index (χ1v) is 8.43. The van der Waals surface area contributed by atoms with E-state index < -0.39 is 0 Å². The van der Waals surface area contributed by atoms with Gasteiger partial charge in [-0.1, -0.05) is 60.7 Å². The average molecular weight is 331 g/mol. The minimum atomic E-state index is 0.0505. The molecule has 0 aliphatic carbocycles. The Kier molecular flexibility index (Phi) is 5.88. The quantitative estimate of drug-likeness (QED) is 0.722.